The molecule has 0 fully saturated rings. The Morgan fingerprint density at radius 3 is 2.38 bits per heavy atom. The van der Waals surface area contributed by atoms with Gasteiger partial charge in [-0.05, 0) is 10.6 Å². The third-order valence-corrected chi connectivity index (χ3v) is 6.62. The number of ether oxygens (including phenoxy) is 1. The number of hydrogen-bond acceptors (Lipinski definition) is 1. The summed E-state index contributed by atoms with van der Waals surface area (Å²) in [4.78, 5) is 0. The first kappa shape index (κ1) is 13.4. The van der Waals surface area contributed by atoms with Gasteiger partial charge in [0.05, 0.1) is 6.61 Å². The van der Waals surface area contributed by atoms with Gasteiger partial charge in [0.15, 0.2) is 0 Å². The zero-order valence-electron chi connectivity index (χ0n) is 9.19. The molecule has 0 amide bonds. The molecule has 0 bridgehead atoms. The lowest BCUT2D eigenvalue weighted by Crippen LogP contribution is -2.26. The van der Waals surface area contributed by atoms with Gasteiger partial charge in [0.25, 0.3) is 0 Å². The van der Waals surface area contributed by atoms with Crippen LogP contribution in [0.5, 0.6) is 0 Å². The summed E-state index contributed by atoms with van der Waals surface area (Å²) in [5.74, 6) is 0. The molecule has 3 heteroatoms. The van der Waals surface area contributed by atoms with Gasteiger partial charge < -0.3 is 4.74 Å². The second kappa shape index (κ2) is 5.99. The van der Waals surface area contributed by atoms with Crippen molar-refractivity contribution in [2.75, 3.05) is 18.5 Å². The fourth-order valence-electron chi connectivity index (χ4n) is 0.664. The normalized spacial score (nSPS) is 12.2. The molecule has 0 aromatic carbocycles. The van der Waals surface area contributed by atoms with E-state index >= 15 is 0 Å². The second-order valence-electron chi connectivity index (χ2n) is 4.52. The number of hydrogen-bond donors (Lipinski definition) is 0. The third kappa shape index (κ3) is 5.65. The Balaban J connectivity index is 3.70. The first-order valence-corrected chi connectivity index (χ1v) is 8.71. The molecule has 0 rings (SSSR count). The van der Waals surface area contributed by atoms with Gasteiger partial charge >= 0.3 is 0 Å². The van der Waals surface area contributed by atoms with E-state index in [0.717, 1.165) is 17.5 Å². The molecule has 78 valence electrons. The predicted molar refractivity (Wildman–Crippen MR) is 66.7 cm³/mol. The highest BCUT2D eigenvalue weighted by molar-refractivity contribution is 9.09. The van der Waals surface area contributed by atoms with Crippen molar-refractivity contribution in [3.8, 4) is 0 Å². The molecule has 0 atom stereocenters. The molecule has 0 aromatic rings. The fraction of sp³-hybridized carbons (Fsp3) is 0.800. The van der Waals surface area contributed by atoms with Crippen LogP contribution in [0.1, 0.15) is 13.8 Å². The van der Waals surface area contributed by atoms with Crippen molar-refractivity contribution in [3.63, 3.8) is 0 Å². The quantitative estimate of drug-likeness (QED) is 0.407. The predicted octanol–water partition coefficient (Wildman–Crippen LogP) is 3.22. The first-order valence-electron chi connectivity index (χ1n) is 4.70. The fourth-order valence-corrected chi connectivity index (χ4v) is 1.28. The van der Waals surface area contributed by atoms with Gasteiger partial charge in [-0.25, -0.2) is 0 Å². The van der Waals surface area contributed by atoms with E-state index in [1.165, 1.54) is 0 Å². The van der Waals surface area contributed by atoms with Crippen molar-refractivity contribution in [2.45, 2.75) is 32.0 Å². The minimum absolute atomic E-state index is 0.395. The van der Waals surface area contributed by atoms with Gasteiger partial charge in [-0.1, -0.05) is 49.5 Å². The van der Waals surface area contributed by atoms with Crippen LogP contribution < -0.4 is 0 Å². The Hall–Kier alpha value is 0.397. The van der Waals surface area contributed by atoms with E-state index in [0.29, 0.717) is 11.6 Å². The lowest BCUT2D eigenvalue weighted by molar-refractivity contribution is 0.134. The van der Waals surface area contributed by atoms with Gasteiger partial charge in [0, 0.05) is 20.7 Å². The topological polar surface area (TPSA) is 9.23 Å². The van der Waals surface area contributed by atoms with Crippen molar-refractivity contribution in [2.24, 2.45) is 0 Å². The highest BCUT2D eigenvalue weighted by atomic mass is 79.9. The van der Waals surface area contributed by atoms with E-state index in [4.69, 9.17) is 4.74 Å². The van der Waals surface area contributed by atoms with Crippen LogP contribution in [0.25, 0.3) is 0 Å². The minimum atomic E-state index is -0.618. The van der Waals surface area contributed by atoms with Crippen LogP contribution >= 0.6 is 15.9 Å². The Kier molecular flexibility index (Phi) is 6.17. The van der Waals surface area contributed by atoms with Gasteiger partial charge in [-0.15, -0.1) is 0 Å². The summed E-state index contributed by atoms with van der Waals surface area (Å²) in [6.07, 6.45) is 0. The van der Waals surface area contributed by atoms with Crippen LogP contribution in [0.15, 0.2) is 12.2 Å². The van der Waals surface area contributed by atoms with Crippen LogP contribution in [0.4, 0.5) is 0 Å². The van der Waals surface area contributed by atoms with E-state index in [2.05, 4.69) is 49.5 Å². The molecule has 0 aliphatic rings. The second-order valence-corrected chi connectivity index (χ2v) is 8.95. The summed E-state index contributed by atoms with van der Waals surface area (Å²) in [6.45, 7) is 14.7. The third-order valence-electron chi connectivity index (χ3n) is 2.53. The van der Waals surface area contributed by atoms with Crippen LogP contribution in [-0.2, 0) is 4.74 Å². The summed E-state index contributed by atoms with van der Waals surface area (Å²) in [7, 11) is -0.618. The Morgan fingerprint density at radius 2 is 2.00 bits per heavy atom. The van der Waals surface area contributed by atoms with Gasteiger partial charge in [-0.2, -0.15) is 0 Å². The van der Waals surface area contributed by atoms with E-state index in [1.807, 2.05) is 0 Å². The van der Waals surface area contributed by atoms with Crippen molar-refractivity contribution >= 4 is 24.7 Å². The van der Waals surface area contributed by atoms with Crippen LogP contribution in [0, 0.1) is 0 Å². The molecule has 0 saturated carbocycles. The summed E-state index contributed by atoms with van der Waals surface area (Å²) in [5.41, 5.74) is 1.11. The summed E-state index contributed by atoms with van der Waals surface area (Å²) in [6, 6.07) is 0. The monoisotopic (exact) mass is 264 g/mol. The SMILES string of the molecule is C=C(CBr)COCC(C)(C)[SiH](C)C. The summed E-state index contributed by atoms with van der Waals surface area (Å²) in [5, 5.41) is 1.24. The van der Waals surface area contributed by atoms with Gasteiger partial charge in [0.2, 0.25) is 0 Å². The molecular weight excluding hydrogens is 244 g/mol. The lowest BCUT2D eigenvalue weighted by Gasteiger charge is -2.27. The van der Waals surface area contributed by atoms with E-state index in [9.17, 15) is 0 Å². The van der Waals surface area contributed by atoms with Crippen LogP contribution in [0.2, 0.25) is 18.1 Å². The molecule has 0 saturated heterocycles. The number of halogens is 1. The number of alkyl halides is 1. The molecule has 0 aliphatic carbocycles. The van der Waals surface area contributed by atoms with E-state index in [1.54, 1.807) is 0 Å². The largest absolute Gasteiger partial charge is 0.377 e. The van der Waals surface area contributed by atoms with Crippen LogP contribution in [0.3, 0.4) is 0 Å². The van der Waals surface area contributed by atoms with Gasteiger partial charge in [0.1, 0.15) is 0 Å². The highest BCUT2D eigenvalue weighted by Gasteiger charge is 2.23. The van der Waals surface area contributed by atoms with E-state index in [-0.39, 0.29) is 0 Å². The van der Waals surface area contributed by atoms with Crippen LogP contribution in [-0.4, -0.2) is 27.3 Å². The average molecular weight is 265 g/mol. The zero-order valence-corrected chi connectivity index (χ0v) is 11.9. The van der Waals surface area contributed by atoms with Crippen molar-refractivity contribution in [1.29, 1.82) is 0 Å². The molecule has 0 N–H and O–H groups in total. The molecule has 0 aromatic heterocycles. The first-order chi connectivity index (χ1) is 5.90. The molecule has 0 radical (unpaired) electrons. The molecule has 0 aliphatic heterocycles. The molecule has 13 heavy (non-hydrogen) atoms. The number of rotatable bonds is 6. The molecule has 0 spiro atoms. The maximum atomic E-state index is 5.62. The zero-order chi connectivity index (χ0) is 10.5. The lowest BCUT2D eigenvalue weighted by atomic mass is 10.2. The Labute approximate surface area is 92.3 Å². The maximum Gasteiger partial charge on any atom is 0.0682 e. The summed E-state index contributed by atoms with van der Waals surface area (Å²) >= 11 is 3.35. The highest BCUT2D eigenvalue weighted by Crippen LogP contribution is 2.28. The molecule has 1 nitrogen and oxygen atoms in total. The molecular formula is C10H21BrOSi. The van der Waals surface area contributed by atoms with Gasteiger partial charge in [-0.3, -0.25) is 0 Å². The Bertz CT molecular complexity index is 166. The smallest absolute Gasteiger partial charge is 0.0682 e. The van der Waals surface area contributed by atoms with Crippen molar-refractivity contribution in [3.05, 3.63) is 12.2 Å². The Morgan fingerprint density at radius 1 is 1.46 bits per heavy atom. The average Bonchev–Trinajstić information content (AvgIpc) is 2.03. The van der Waals surface area contributed by atoms with Crippen molar-refractivity contribution in [1.82, 2.24) is 0 Å². The molecule has 0 unspecified atom stereocenters. The molecule has 0 heterocycles. The standard InChI is InChI=1S/C10H21BrOSi/c1-9(6-11)7-12-8-10(2,3)13(4)5/h13H,1,6-8H2,2-5H3. The summed E-state index contributed by atoms with van der Waals surface area (Å²) < 4.78 is 5.62. The van der Waals surface area contributed by atoms with Crippen molar-refractivity contribution < 1.29 is 4.74 Å². The van der Waals surface area contributed by atoms with E-state index < -0.39 is 8.80 Å². The maximum absolute atomic E-state index is 5.62. The minimum Gasteiger partial charge on any atom is -0.377 e.